The van der Waals surface area contributed by atoms with Crippen molar-refractivity contribution in [2.45, 2.75) is 97.3 Å². The van der Waals surface area contributed by atoms with E-state index in [1.165, 1.54) is 84.0 Å². The van der Waals surface area contributed by atoms with Gasteiger partial charge in [-0.2, -0.15) is 5.48 Å². The van der Waals surface area contributed by atoms with Gasteiger partial charge < -0.3 is 4.84 Å². The van der Waals surface area contributed by atoms with Crippen LogP contribution in [0.2, 0.25) is 0 Å². The summed E-state index contributed by atoms with van der Waals surface area (Å²) in [6, 6.07) is 0. The van der Waals surface area contributed by atoms with E-state index in [-0.39, 0.29) is 5.97 Å². The second-order valence-electron chi connectivity index (χ2n) is 5.73. The van der Waals surface area contributed by atoms with E-state index in [1.54, 1.807) is 0 Å². The molecule has 3 nitrogen and oxygen atoms in total. The molecule has 0 saturated heterocycles. The zero-order chi connectivity index (χ0) is 14.9. The summed E-state index contributed by atoms with van der Waals surface area (Å²) in [5.74, 6) is -0.264. The number of rotatable bonds is 15. The minimum absolute atomic E-state index is 0.264. The summed E-state index contributed by atoms with van der Waals surface area (Å²) in [6.07, 6.45) is 17.6. The summed E-state index contributed by atoms with van der Waals surface area (Å²) in [4.78, 5) is 15.2. The van der Waals surface area contributed by atoms with E-state index < -0.39 is 0 Å². The lowest BCUT2D eigenvalue weighted by atomic mass is 10.0. The van der Waals surface area contributed by atoms with Gasteiger partial charge >= 0.3 is 5.97 Å². The minimum atomic E-state index is -0.264. The van der Waals surface area contributed by atoms with Crippen molar-refractivity contribution in [3.63, 3.8) is 0 Å². The van der Waals surface area contributed by atoms with Crippen molar-refractivity contribution in [1.82, 2.24) is 5.48 Å². The van der Waals surface area contributed by atoms with Crippen molar-refractivity contribution in [3.8, 4) is 0 Å². The molecule has 0 radical (unpaired) electrons. The second kappa shape index (κ2) is 16.5. The number of hydroxylamine groups is 1. The highest BCUT2D eigenvalue weighted by molar-refractivity contribution is 5.65. The lowest BCUT2D eigenvalue weighted by molar-refractivity contribution is -0.148. The average molecular weight is 285 g/mol. The first-order valence-corrected chi connectivity index (χ1v) is 8.67. The van der Waals surface area contributed by atoms with Gasteiger partial charge in [0.1, 0.15) is 0 Å². The minimum Gasteiger partial charge on any atom is -0.371 e. The molecular formula is C17H35NO2. The molecule has 0 bridgehead atoms. The van der Waals surface area contributed by atoms with Gasteiger partial charge in [-0.15, -0.1) is 0 Å². The quantitative estimate of drug-likeness (QED) is 0.334. The summed E-state index contributed by atoms with van der Waals surface area (Å²) in [5.41, 5.74) is 2.67. The lowest BCUT2D eigenvalue weighted by Crippen LogP contribution is -2.18. The van der Waals surface area contributed by atoms with Gasteiger partial charge in [-0.3, -0.25) is 4.79 Å². The number of hydrogen-bond donors (Lipinski definition) is 1. The fourth-order valence-corrected chi connectivity index (χ4v) is 2.37. The van der Waals surface area contributed by atoms with Gasteiger partial charge in [-0.25, -0.2) is 0 Å². The standard InChI is InChI=1S/C17H35NO2/c1-3-4-5-6-7-8-9-10-11-12-13-14-15-16-18-20-17(2)19/h18H,3-16H2,1-2H3. The molecule has 3 heteroatoms. The van der Waals surface area contributed by atoms with Crippen molar-refractivity contribution in [2.75, 3.05) is 6.54 Å². The molecule has 0 rings (SSSR count). The molecule has 0 atom stereocenters. The van der Waals surface area contributed by atoms with Crippen molar-refractivity contribution >= 4 is 5.97 Å². The van der Waals surface area contributed by atoms with Gasteiger partial charge in [-0.1, -0.05) is 84.0 Å². The maximum Gasteiger partial charge on any atom is 0.321 e. The number of nitrogens with one attached hydrogen (secondary N) is 1. The van der Waals surface area contributed by atoms with Crippen LogP contribution in [-0.2, 0) is 9.63 Å². The highest BCUT2D eigenvalue weighted by Crippen LogP contribution is 2.12. The van der Waals surface area contributed by atoms with E-state index in [4.69, 9.17) is 0 Å². The predicted octanol–water partition coefficient (Wildman–Crippen LogP) is 5.15. The Balaban J connectivity index is 2.94. The molecule has 0 aromatic heterocycles. The van der Waals surface area contributed by atoms with Gasteiger partial charge in [0.15, 0.2) is 0 Å². The normalized spacial score (nSPS) is 10.7. The molecule has 0 aliphatic heterocycles. The Morgan fingerprint density at radius 3 is 1.55 bits per heavy atom. The molecule has 0 aromatic carbocycles. The van der Waals surface area contributed by atoms with Crippen LogP contribution in [0.3, 0.4) is 0 Å². The van der Waals surface area contributed by atoms with Crippen LogP contribution in [-0.4, -0.2) is 12.5 Å². The predicted molar refractivity (Wildman–Crippen MR) is 85.5 cm³/mol. The summed E-state index contributed by atoms with van der Waals surface area (Å²) < 4.78 is 0. The average Bonchev–Trinajstić information content (AvgIpc) is 2.43. The third-order valence-electron chi connectivity index (χ3n) is 3.60. The highest BCUT2D eigenvalue weighted by atomic mass is 16.7. The van der Waals surface area contributed by atoms with Crippen LogP contribution in [0.1, 0.15) is 97.3 Å². The molecule has 0 aliphatic rings. The highest BCUT2D eigenvalue weighted by Gasteiger charge is 1.94. The number of carbonyl (C=O) groups excluding carboxylic acids is 1. The molecule has 0 aliphatic carbocycles. The first-order chi connectivity index (χ1) is 9.77. The molecule has 0 unspecified atom stereocenters. The molecule has 0 heterocycles. The molecule has 0 aromatic rings. The van der Waals surface area contributed by atoms with E-state index in [9.17, 15) is 4.79 Å². The van der Waals surface area contributed by atoms with E-state index in [2.05, 4.69) is 17.2 Å². The maximum atomic E-state index is 10.5. The fourth-order valence-electron chi connectivity index (χ4n) is 2.37. The van der Waals surface area contributed by atoms with E-state index in [0.717, 1.165) is 13.0 Å². The SMILES string of the molecule is CCCCCCCCCCCCCCCNOC(C)=O. The topological polar surface area (TPSA) is 38.3 Å². The van der Waals surface area contributed by atoms with E-state index >= 15 is 0 Å². The Kier molecular flexibility index (Phi) is 16.0. The van der Waals surface area contributed by atoms with Crippen LogP contribution in [0.25, 0.3) is 0 Å². The molecule has 1 N–H and O–H groups in total. The summed E-state index contributed by atoms with van der Waals surface area (Å²) in [7, 11) is 0. The zero-order valence-electron chi connectivity index (χ0n) is 13.7. The second-order valence-corrected chi connectivity index (χ2v) is 5.73. The monoisotopic (exact) mass is 285 g/mol. The van der Waals surface area contributed by atoms with E-state index in [1.807, 2.05) is 0 Å². The third-order valence-corrected chi connectivity index (χ3v) is 3.60. The summed E-state index contributed by atoms with van der Waals surface area (Å²) in [6.45, 7) is 4.46. The van der Waals surface area contributed by atoms with Gasteiger partial charge in [0.25, 0.3) is 0 Å². The summed E-state index contributed by atoms with van der Waals surface area (Å²) >= 11 is 0. The van der Waals surface area contributed by atoms with Crippen LogP contribution in [0.4, 0.5) is 0 Å². The largest absolute Gasteiger partial charge is 0.371 e. The molecule has 0 fully saturated rings. The summed E-state index contributed by atoms with van der Waals surface area (Å²) in [5, 5.41) is 0. The number of unbranched alkanes of at least 4 members (excludes halogenated alkanes) is 12. The van der Waals surface area contributed by atoms with Gasteiger partial charge in [-0.05, 0) is 6.42 Å². The molecular weight excluding hydrogens is 250 g/mol. The molecule has 20 heavy (non-hydrogen) atoms. The molecule has 0 amide bonds. The lowest BCUT2D eigenvalue weighted by Gasteiger charge is -2.04. The van der Waals surface area contributed by atoms with Crippen molar-refractivity contribution < 1.29 is 9.63 Å². The Hall–Kier alpha value is -0.570. The van der Waals surface area contributed by atoms with Crippen LogP contribution in [0.5, 0.6) is 0 Å². The molecule has 0 saturated carbocycles. The van der Waals surface area contributed by atoms with Crippen LogP contribution in [0.15, 0.2) is 0 Å². The molecule has 120 valence electrons. The molecule has 0 spiro atoms. The van der Waals surface area contributed by atoms with Crippen molar-refractivity contribution in [2.24, 2.45) is 0 Å². The Morgan fingerprint density at radius 2 is 1.15 bits per heavy atom. The van der Waals surface area contributed by atoms with Crippen molar-refractivity contribution in [3.05, 3.63) is 0 Å². The Bertz CT molecular complexity index is 207. The Labute approximate surface area is 125 Å². The van der Waals surface area contributed by atoms with E-state index in [0.29, 0.717) is 0 Å². The first-order valence-electron chi connectivity index (χ1n) is 8.67. The van der Waals surface area contributed by atoms with Gasteiger partial charge in [0.2, 0.25) is 0 Å². The van der Waals surface area contributed by atoms with Crippen LogP contribution >= 0.6 is 0 Å². The zero-order valence-corrected chi connectivity index (χ0v) is 13.7. The Morgan fingerprint density at radius 1 is 0.750 bits per heavy atom. The fraction of sp³-hybridized carbons (Fsp3) is 0.941. The third kappa shape index (κ3) is 17.4. The van der Waals surface area contributed by atoms with Crippen molar-refractivity contribution in [1.29, 1.82) is 0 Å². The van der Waals surface area contributed by atoms with Gasteiger partial charge in [0, 0.05) is 13.5 Å². The van der Waals surface area contributed by atoms with Crippen LogP contribution in [0, 0.1) is 0 Å². The maximum absolute atomic E-state index is 10.5. The smallest absolute Gasteiger partial charge is 0.321 e. The van der Waals surface area contributed by atoms with Crippen LogP contribution < -0.4 is 5.48 Å². The van der Waals surface area contributed by atoms with Gasteiger partial charge in [0.05, 0.1) is 0 Å². The first kappa shape index (κ1) is 19.4. The number of hydrogen-bond acceptors (Lipinski definition) is 3. The number of carbonyl (C=O) groups is 1.